The van der Waals surface area contributed by atoms with Crippen LogP contribution in [-0.4, -0.2) is 17.6 Å². The first-order valence-corrected chi connectivity index (χ1v) is 2.10. The summed E-state index contributed by atoms with van der Waals surface area (Å²) < 4.78 is 0. The minimum absolute atomic E-state index is 0.324. The number of hydrogen-bond acceptors (Lipinski definition) is 2. The lowest BCUT2D eigenvalue weighted by atomic mass is 10.4. The molecule has 0 radical (unpaired) electrons. The minimum Gasteiger partial charge on any atom is -0.363 e. The maximum atomic E-state index is 9.91. The van der Waals surface area contributed by atoms with Gasteiger partial charge in [0, 0.05) is 0 Å². The summed E-state index contributed by atoms with van der Waals surface area (Å²) in [6.45, 7) is 0. The van der Waals surface area contributed by atoms with E-state index < -0.39 is 11.7 Å². The van der Waals surface area contributed by atoms with Crippen molar-refractivity contribution in [1.29, 1.82) is 0 Å². The monoisotopic (exact) mass is 121 g/mol. The zero-order chi connectivity index (χ0) is 5.86. The molecule has 0 aromatic carbocycles. The van der Waals surface area contributed by atoms with Crippen LogP contribution in [0, 0.1) is 0 Å². The van der Waals surface area contributed by atoms with Crippen LogP contribution in [0.4, 0.5) is 0 Å². The van der Waals surface area contributed by atoms with Gasteiger partial charge in [-0.25, -0.2) is 0 Å². The number of hydrogen-bond donors (Lipinski definition) is 1. The molecule has 4 heteroatoms. The normalized spacial score (nSPS) is 8.14. The molecule has 0 saturated heterocycles. The number of carbonyl (C=O) groups is 2. The lowest BCUT2D eigenvalue weighted by molar-refractivity contribution is -0.134. The van der Waals surface area contributed by atoms with Crippen molar-refractivity contribution < 1.29 is 9.59 Å². The van der Waals surface area contributed by atoms with Gasteiger partial charge in [0.2, 0.25) is 5.78 Å². The fourth-order valence-electron chi connectivity index (χ4n) is 0.0659. The Morgan fingerprint density at radius 1 is 1.57 bits per heavy atom. The van der Waals surface area contributed by atoms with Crippen LogP contribution in [0.3, 0.4) is 0 Å². The van der Waals surface area contributed by atoms with E-state index >= 15 is 0 Å². The molecule has 0 aliphatic heterocycles. The Bertz CT molecular complexity index is 101. The molecule has 0 saturated carbocycles. The van der Waals surface area contributed by atoms with Crippen LogP contribution in [-0.2, 0) is 9.59 Å². The van der Waals surface area contributed by atoms with Crippen molar-refractivity contribution in [3.63, 3.8) is 0 Å². The van der Waals surface area contributed by atoms with Crippen molar-refractivity contribution >= 4 is 23.3 Å². The van der Waals surface area contributed by atoms with Gasteiger partial charge in [0.1, 0.15) is 0 Å². The third kappa shape index (κ3) is 2.17. The van der Waals surface area contributed by atoms with Gasteiger partial charge in [-0.2, -0.15) is 0 Å². The number of rotatable bonds is 2. The lowest BCUT2D eigenvalue weighted by Gasteiger charge is -1.80. The Kier molecular flexibility index (Phi) is 2.37. The molecule has 0 aliphatic rings. The van der Waals surface area contributed by atoms with Crippen LogP contribution in [0.1, 0.15) is 0 Å². The van der Waals surface area contributed by atoms with Crippen molar-refractivity contribution in [2.45, 2.75) is 0 Å². The van der Waals surface area contributed by atoms with E-state index in [-0.39, 0.29) is 5.88 Å². The molecule has 0 atom stereocenters. The van der Waals surface area contributed by atoms with Crippen LogP contribution in [0.15, 0.2) is 0 Å². The molecule has 1 amide bonds. The third-order valence-electron chi connectivity index (χ3n) is 0.396. The maximum Gasteiger partial charge on any atom is 0.286 e. The second-order valence-corrected chi connectivity index (χ2v) is 1.19. The van der Waals surface area contributed by atoms with Gasteiger partial charge in [0.25, 0.3) is 5.91 Å². The van der Waals surface area contributed by atoms with E-state index in [1.807, 2.05) is 0 Å². The molecule has 40 valence electrons. The summed E-state index contributed by atoms with van der Waals surface area (Å²) in [4.78, 5) is 19.6. The molecule has 7 heavy (non-hydrogen) atoms. The Morgan fingerprint density at radius 2 is 2.00 bits per heavy atom. The average molecular weight is 122 g/mol. The first-order chi connectivity index (χ1) is 3.18. The first-order valence-electron chi connectivity index (χ1n) is 1.57. The fraction of sp³-hybridized carbons (Fsp3) is 0.333. The SMILES string of the molecule is NC(=O)C(=O)CCl. The number of halogens is 1. The van der Waals surface area contributed by atoms with Gasteiger partial charge in [-0.1, -0.05) is 0 Å². The molecule has 3 nitrogen and oxygen atoms in total. The molecule has 0 bridgehead atoms. The van der Waals surface area contributed by atoms with Gasteiger partial charge in [0.05, 0.1) is 5.88 Å². The molecule has 0 spiro atoms. The van der Waals surface area contributed by atoms with Gasteiger partial charge in [0.15, 0.2) is 0 Å². The molecule has 0 aromatic heterocycles. The highest BCUT2D eigenvalue weighted by atomic mass is 35.5. The summed E-state index contributed by atoms with van der Waals surface area (Å²) in [5, 5.41) is 0. The molecular formula is C3H4ClNO2. The highest BCUT2D eigenvalue weighted by molar-refractivity contribution is 6.46. The molecule has 0 aromatic rings. The Labute approximate surface area is 45.4 Å². The number of primary amides is 1. The van der Waals surface area contributed by atoms with Crippen LogP contribution in [0.2, 0.25) is 0 Å². The summed E-state index contributed by atoms with van der Waals surface area (Å²) in [6.07, 6.45) is 0. The van der Waals surface area contributed by atoms with Crippen LogP contribution < -0.4 is 5.73 Å². The molecule has 2 N–H and O–H groups in total. The molecule has 0 heterocycles. The predicted molar refractivity (Wildman–Crippen MR) is 24.9 cm³/mol. The second kappa shape index (κ2) is 2.58. The summed E-state index contributed by atoms with van der Waals surface area (Å²) in [5.74, 6) is -2.05. The molecule has 0 aliphatic carbocycles. The van der Waals surface area contributed by atoms with E-state index in [9.17, 15) is 9.59 Å². The van der Waals surface area contributed by atoms with Crippen LogP contribution in [0.25, 0.3) is 0 Å². The van der Waals surface area contributed by atoms with Gasteiger partial charge >= 0.3 is 0 Å². The van der Waals surface area contributed by atoms with Crippen molar-refractivity contribution in [2.24, 2.45) is 5.73 Å². The predicted octanol–water partition coefficient (Wildman–Crippen LogP) is -0.720. The molecular weight excluding hydrogens is 117 g/mol. The topological polar surface area (TPSA) is 60.2 Å². The molecule has 0 fully saturated rings. The van der Waals surface area contributed by atoms with Crippen molar-refractivity contribution in [2.75, 3.05) is 5.88 Å². The minimum atomic E-state index is -0.977. The van der Waals surface area contributed by atoms with E-state index in [0.717, 1.165) is 0 Å². The number of alkyl halides is 1. The van der Waals surface area contributed by atoms with Gasteiger partial charge in [-0.15, -0.1) is 11.6 Å². The summed E-state index contributed by atoms with van der Waals surface area (Å²) >= 11 is 4.90. The fourth-order valence-corrected chi connectivity index (χ4v) is 0.198. The zero-order valence-corrected chi connectivity index (χ0v) is 4.23. The third-order valence-corrected chi connectivity index (χ3v) is 0.639. The van der Waals surface area contributed by atoms with Crippen LogP contribution in [0.5, 0.6) is 0 Å². The smallest absolute Gasteiger partial charge is 0.286 e. The standard InChI is InChI=1S/C3H4ClNO2/c4-1-2(6)3(5)7/h1H2,(H2,5,7). The molecule has 0 unspecified atom stereocenters. The highest BCUT2D eigenvalue weighted by Gasteiger charge is 2.03. The van der Waals surface area contributed by atoms with Crippen LogP contribution >= 0.6 is 11.6 Å². The quantitative estimate of drug-likeness (QED) is 0.387. The van der Waals surface area contributed by atoms with Crippen molar-refractivity contribution in [3.8, 4) is 0 Å². The number of Topliss-reactive ketones (excluding diaryl/α,β-unsaturated/α-hetero) is 1. The highest BCUT2D eigenvalue weighted by Crippen LogP contribution is 1.74. The molecule has 0 rings (SSSR count). The van der Waals surface area contributed by atoms with E-state index in [1.54, 1.807) is 0 Å². The van der Waals surface area contributed by atoms with Gasteiger partial charge in [-0.05, 0) is 0 Å². The van der Waals surface area contributed by atoms with Gasteiger partial charge in [-0.3, -0.25) is 9.59 Å². The zero-order valence-electron chi connectivity index (χ0n) is 3.48. The lowest BCUT2D eigenvalue weighted by Crippen LogP contribution is -2.23. The van der Waals surface area contributed by atoms with Gasteiger partial charge < -0.3 is 5.73 Å². The Hall–Kier alpha value is -0.570. The number of ketones is 1. The van der Waals surface area contributed by atoms with E-state index in [4.69, 9.17) is 11.6 Å². The van der Waals surface area contributed by atoms with Crippen molar-refractivity contribution in [3.05, 3.63) is 0 Å². The summed E-state index contributed by atoms with van der Waals surface area (Å²) in [7, 11) is 0. The number of amides is 1. The largest absolute Gasteiger partial charge is 0.363 e. The summed E-state index contributed by atoms with van der Waals surface area (Å²) in [6, 6.07) is 0. The van der Waals surface area contributed by atoms with E-state index in [2.05, 4.69) is 5.73 Å². The van der Waals surface area contributed by atoms with E-state index in [1.165, 1.54) is 0 Å². The Balaban J connectivity index is 3.58. The summed E-state index contributed by atoms with van der Waals surface area (Å²) in [5.41, 5.74) is 4.47. The average Bonchev–Trinajstić information content (AvgIpc) is 1.65. The van der Waals surface area contributed by atoms with Crippen molar-refractivity contribution in [1.82, 2.24) is 0 Å². The number of nitrogens with two attached hydrogens (primary N) is 1. The van der Waals surface area contributed by atoms with E-state index in [0.29, 0.717) is 0 Å². The maximum absolute atomic E-state index is 9.91. The Morgan fingerprint density at radius 3 is 2.00 bits per heavy atom. The number of carbonyl (C=O) groups excluding carboxylic acids is 2. The second-order valence-electron chi connectivity index (χ2n) is 0.921. The first kappa shape index (κ1) is 6.43.